The standard InChI is InChI=1S/C21H25NO3/c1-25-20-11-10-17(15-19(20)16-7-3-2-4-8-16)21(24)22-13-6-5-9-18(22)12-14-23/h2-4,7-8,10-11,15,18,23H,5-6,9,12-14H2,1H3. The van der Waals surface area contributed by atoms with Crippen molar-refractivity contribution in [3.05, 3.63) is 54.1 Å². The van der Waals surface area contributed by atoms with E-state index in [0.29, 0.717) is 12.0 Å². The molecule has 1 aliphatic heterocycles. The second-order valence-electron chi connectivity index (χ2n) is 6.44. The predicted molar refractivity (Wildman–Crippen MR) is 98.8 cm³/mol. The van der Waals surface area contributed by atoms with Crippen molar-refractivity contribution in [3.63, 3.8) is 0 Å². The van der Waals surface area contributed by atoms with Crippen molar-refractivity contribution in [1.29, 1.82) is 0 Å². The first-order valence-electron chi connectivity index (χ1n) is 8.90. The molecule has 1 unspecified atom stereocenters. The van der Waals surface area contributed by atoms with E-state index in [-0.39, 0.29) is 18.6 Å². The first-order chi connectivity index (χ1) is 12.2. The number of hydrogen-bond donors (Lipinski definition) is 1. The summed E-state index contributed by atoms with van der Waals surface area (Å²) in [5.41, 5.74) is 2.62. The lowest BCUT2D eigenvalue weighted by Gasteiger charge is -2.35. The minimum atomic E-state index is 0.0398. The average molecular weight is 339 g/mol. The Balaban J connectivity index is 1.93. The molecule has 0 aromatic heterocycles. The lowest BCUT2D eigenvalue weighted by Crippen LogP contribution is -2.44. The van der Waals surface area contributed by atoms with Gasteiger partial charge in [-0.2, -0.15) is 0 Å². The zero-order chi connectivity index (χ0) is 17.6. The number of hydrogen-bond acceptors (Lipinski definition) is 3. The van der Waals surface area contributed by atoms with Gasteiger partial charge in [-0.1, -0.05) is 30.3 Å². The van der Waals surface area contributed by atoms with Crippen molar-refractivity contribution < 1.29 is 14.6 Å². The van der Waals surface area contributed by atoms with Gasteiger partial charge in [0.05, 0.1) is 7.11 Å². The maximum atomic E-state index is 13.1. The third-order valence-corrected chi connectivity index (χ3v) is 4.88. The number of rotatable bonds is 5. The van der Waals surface area contributed by atoms with Crippen LogP contribution >= 0.6 is 0 Å². The third-order valence-electron chi connectivity index (χ3n) is 4.88. The number of amides is 1. The van der Waals surface area contributed by atoms with Crippen molar-refractivity contribution in [2.75, 3.05) is 20.3 Å². The number of ether oxygens (including phenoxy) is 1. The first-order valence-corrected chi connectivity index (χ1v) is 8.90. The van der Waals surface area contributed by atoms with Crippen LogP contribution in [0.15, 0.2) is 48.5 Å². The summed E-state index contributed by atoms with van der Waals surface area (Å²) < 4.78 is 5.48. The lowest BCUT2D eigenvalue weighted by molar-refractivity contribution is 0.0574. The monoisotopic (exact) mass is 339 g/mol. The van der Waals surface area contributed by atoms with E-state index in [1.165, 1.54) is 0 Å². The number of aliphatic hydroxyl groups is 1. The van der Waals surface area contributed by atoms with Crippen molar-refractivity contribution in [3.8, 4) is 16.9 Å². The highest BCUT2D eigenvalue weighted by Crippen LogP contribution is 2.32. The molecule has 3 rings (SSSR count). The van der Waals surface area contributed by atoms with E-state index in [4.69, 9.17) is 4.74 Å². The Kier molecular flexibility index (Phi) is 5.71. The number of aliphatic hydroxyl groups excluding tert-OH is 1. The number of benzene rings is 2. The quantitative estimate of drug-likeness (QED) is 0.903. The number of likely N-dealkylation sites (tertiary alicyclic amines) is 1. The van der Waals surface area contributed by atoms with Crippen LogP contribution in [0.5, 0.6) is 5.75 Å². The van der Waals surface area contributed by atoms with Gasteiger partial charge in [0.15, 0.2) is 0 Å². The summed E-state index contributed by atoms with van der Waals surface area (Å²) in [6.07, 6.45) is 3.75. The van der Waals surface area contributed by atoms with Crippen molar-refractivity contribution in [2.24, 2.45) is 0 Å². The molecule has 2 aromatic rings. The molecular weight excluding hydrogens is 314 g/mol. The second kappa shape index (κ2) is 8.17. The number of carbonyl (C=O) groups excluding carboxylic acids is 1. The Labute approximate surface area is 149 Å². The summed E-state index contributed by atoms with van der Waals surface area (Å²) in [6, 6.07) is 15.7. The van der Waals surface area contributed by atoms with Crippen LogP contribution in [-0.4, -0.2) is 42.2 Å². The number of carbonyl (C=O) groups is 1. The zero-order valence-corrected chi connectivity index (χ0v) is 14.6. The smallest absolute Gasteiger partial charge is 0.254 e. The van der Waals surface area contributed by atoms with Gasteiger partial charge >= 0.3 is 0 Å². The van der Waals surface area contributed by atoms with Crippen molar-refractivity contribution in [2.45, 2.75) is 31.7 Å². The maximum absolute atomic E-state index is 13.1. The zero-order valence-electron chi connectivity index (χ0n) is 14.6. The van der Waals surface area contributed by atoms with Crippen LogP contribution in [-0.2, 0) is 0 Å². The highest BCUT2D eigenvalue weighted by molar-refractivity contribution is 5.96. The highest BCUT2D eigenvalue weighted by Gasteiger charge is 2.27. The molecule has 1 atom stereocenters. The Hall–Kier alpha value is -2.33. The van der Waals surface area contributed by atoms with E-state index in [1.54, 1.807) is 7.11 Å². The van der Waals surface area contributed by atoms with Crippen LogP contribution in [0.4, 0.5) is 0 Å². The third kappa shape index (κ3) is 3.85. The molecule has 25 heavy (non-hydrogen) atoms. The molecule has 4 nitrogen and oxygen atoms in total. The summed E-state index contributed by atoms with van der Waals surface area (Å²) >= 11 is 0. The van der Waals surface area contributed by atoms with Crippen LogP contribution in [0.25, 0.3) is 11.1 Å². The van der Waals surface area contributed by atoms with Gasteiger partial charge in [0.2, 0.25) is 0 Å². The van der Waals surface area contributed by atoms with Gasteiger partial charge in [-0.15, -0.1) is 0 Å². The first kappa shape index (κ1) is 17.5. The van der Waals surface area contributed by atoms with Crippen LogP contribution in [0.1, 0.15) is 36.0 Å². The number of nitrogens with zero attached hydrogens (tertiary/aromatic N) is 1. The molecule has 4 heteroatoms. The van der Waals surface area contributed by atoms with Gasteiger partial charge in [0, 0.05) is 30.3 Å². The van der Waals surface area contributed by atoms with Crippen molar-refractivity contribution >= 4 is 5.91 Å². The fourth-order valence-electron chi connectivity index (χ4n) is 3.57. The molecule has 132 valence electrons. The Bertz CT molecular complexity index is 712. The van der Waals surface area contributed by atoms with E-state index in [1.807, 2.05) is 53.4 Å². The Morgan fingerprint density at radius 1 is 1.20 bits per heavy atom. The molecule has 1 heterocycles. The van der Waals surface area contributed by atoms with Crippen molar-refractivity contribution in [1.82, 2.24) is 4.90 Å². The second-order valence-corrected chi connectivity index (χ2v) is 6.44. The normalized spacial score (nSPS) is 17.4. The number of piperidine rings is 1. The van der Waals surface area contributed by atoms with Gasteiger partial charge in [0.1, 0.15) is 5.75 Å². The predicted octanol–water partition coefficient (Wildman–Crippen LogP) is 3.74. The Morgan fingerprint density at radius 2 is 2.00 bits per heavy atom. The molecule has 1 fully saturated rings. The molecule has 0 bridgehead atoms. The minimum Gasteiger partial charge on any atom is -0.496 e. The maximum Gasteiger partial charge on any atom is 0.254 e. The number of methoxy groups -OCH3 is 1. The van der Waals surface area contributed by atoms with Gasteiger partial charge in [-0.05, 0) is 49.4 Å². The summed E-state index contributed by atoms with van der Waals surface area (Å²) in [4.78, 5) is 15.0. The minimum absolute atomic E-state index is 0.0398. The summed E-state index contributed by atoms with van der Waals surface area (Å²) in [5.74, 6) is 0.797. The van der Waals surface area contributed by atoms with Gasteiger partial charge < -0.3 is 14.7 Å². The van der Waals surface area contributed by atoms with Gasteiger partial charge in [-0.3, -0.25) is 4.79 Å². The largest absolute Gasteiger partial charge is 0.496 e. The van der Waals surface area contributed by atoms with Crippen LogP contribution in [0, 0.1) is 0 Å². The molecule has 0 spiro atoms. The molecule has 1 aliphatic rings. The summed E-state index contributed by atoms with van der Waals surface area (Å²) in [6.45, 7) is 0.878. The molecule has 0 aliphatic carbocycles. The van der Waals surface area contributed by atoms with E-state index in [0.717, 1.165) is 42.7 Å². The van der Waals surface area contributed by atoms with E-state index < -0.39 is 0 Å². The fraction of sp³-hybridized carbons (Fsp3) is 0.381. The van der Waals surface area contributed by atoms with E-state index >= 15 is 0 Å². The molecule has 0 saturated carbocycles. The molecule has 1 N–H and O–H groups in total. The van der Waals surface area contributed by atoms with E-state index in [2.05, 4.69) is 0 Å². The van der Waals surface area contributed by atoms with Gasteiger partial charge in [-0.25, -0.2) is 0 Å². The summed E-state index contributed by atoms with van der Waals surface area (Å²) in [5, 5.41) is 9.30. The molecule has 1 saturated heterocycles. The Morgan fingerprint density at radius 3 is 2.72 bits per heavy atom. The van der Waals surface area contributed by atoms with Crippen LogP contribution in [0.2, 0.25) is 0 Å². The topological polar surface area (TPSA) is 49.8 Å². The SMILES string of the molecule is COc1ccc(C(=O)N2CCCCC2CCO)cc1-c1ccccc1. The van der Waals surface area contributed by atoms with Gasteiger partial charge in [0.25, 0.3) is 5.91 Å². The molecule has 0 radical (unpaired) electrons. The molecule has 1 amide bonds. The fourth-order valence-corrected chi connectivity index (χ4v) is 3.57. The highest BCUT2D eigenvalue weighted by atomic mass is 16.5. The van der Waals surface area contributed by atoms with Crippen LogP contribution in [0.3, 0.4) is 0 Å². The molecule has 2 aromatic carbocycles. The summed E-state index contributed by atoms with van der Waals surface area (Å²) in [7, 11) is 1.64. The average Bonchev–Trinajstić information content (AvgIpc) is 2.68. The van der Waals surface area contributed by atoms with Crippen LogP contribution < -0.4 is 4.74 Å². The molecular formula is C21H25NO3. The van der Waals surface area contributed by atoms with E-state index in [9.17, 15) is 9.90 Å². The lowest BCUT2D eigenvalue weighted by atomic mass is 9.97.